The first-order chi connectivity index (χ1) is 9.28. The SMILES string of the molecule is CSc1ncc2cc(-c3ccccc3)c(=O)[nH]c2n1. The third kappa shape index (κ3) is 2.24. The maximum Gasteiger partial charge on any atom is 0.257 e. The summed E-state index contributed by atoms with van der Waals surface area (Å²) in [7, 11) is 0. The smallest absolute Gasteiger partial charge is 0.257 e. The summed E-state index contributed by atoms with van der Waals surface area (Å²) in [4.78, 5) is 23.4. The van der Waals surface area contributed by atoms with Crippen molar-refractivity contribution in [2.45, 2.75) is 5.16 Å². The zero-order chi connectivity index (χ0) is 13.2. The van der Waals surface area contributed by atoms with Crippen LogP contribution in [0.3, 0.4) is 0 Å². The third-order valence-electron chi connectivity index (χ3n) is 2.84. The van der Waals surface area contributed by atoms with Crippen LogP contribution in [0.4, 0.5) is 0 Å². The summed E-state index contributed by atoms with van der Waals surface area (Å²) in [5, 5.41) is 1.48. The van der Waals surface area contributed by atoms with Gasteiger partial charge in [-0.3, -0.25) is 4.79 Å². The fourth-order valence-electron chi connectivity index (χ4n) is 1.91. The number of H-pyrrole nitrogens is 1. The van der Waals surface area contributed by atoms with E-state index in [1.165, 1.54) is 11.8 Å². The lowest BCUT2D eigenvalue weighted by molar-refractivity contribution is 0.988. The number of aromatic nitrogens is 3. The number of hydrogen-bond donors (Lipinski definition) is 1. The van der Waals surface area contributed by atoms with E-state index in [-0.39, 0.29) is 5.56 Å². The molecule has 0 saturated carbocycles. The predicted molar refractivity (Wildman–Crippen MR) is 77.4 cm³/mol. The second-order valence-electron chi connectivity index (χ2n) is 4.04. The molecule has 0 fully saturated rings. The lowest BCUT2D eigenvalue weighted by Crippen LogP contribution is -2.09. The van der Waals surface area contributed by atoms with E-state index in [9.17, 15) is 4.79 Å². The third-order valence-corrected chi connectivity index (χ3v) is 3.40. The van der Waals surface area contributed by atoms with Gasteiger partial charge in [-0.15, -0.1) is 0 Å². The molecule has 3 aromatic rings. The van der Waals surface area contributed by atoms with Crippen LogP contribution in [0.5, 0.6) is 0 Å². The average Bonchev–Trinajstić information content (AvgIpc) is 2.47. The standard InChI is InChI=1S/C14H11N3OS/c1-19-14-15-8-10-7-11(9-5-3-2-4-6-9)13(18)16-12(10)17-14/h2-8H,1H3,(H,15,16,17,18). The number of benzene rings is 1. The first-order valence-corrected chi connectivity index (χ1v) is 7.00. The van der Waals surface area contributed by atoms with E-state index < -0.39 is 0 Å². The van der Waals surface area contributed by atoms with Crippen LogP contribution in [0.25, 0.3) is 22.2 Å². The first kappa shape index (κ1) is 11.9. The number of hydrogen-bond acceptors (Lipinski definition) is 4. The molecule has 0 saturated heterocycles. The maximum absolute atomic E-state index is 12.1. The molecule has 4 nitrogen and oxygen atoms in total. The highest BCUT2D eigenvalue weighted by molar-refractivity contribution is 7.98. The lowest BCUT2D eigenvalue weighted by atomic mass is 10.1. The quantitative estimate of drug-likeness (QED) is 0.574. The van der Waals surface area contributed by atoms with E-state index in [1.54, 1.807) is 6.20 Å². The van der Waals surface area contributed by atoms with Crippen LogP contribution in [-0.4, -0.2) is 21.2 Å². The van der Waals surface area contributed by atoms with Gasteiger partial charge in [-0.05, 0) is 17.9 Å². The Kier molecular flexibility index (Phi) is 3.05. The minimum atomic E-state index is -0.135. The fraction of sp³-hybridized carbons (Fsp3) is 0.0714. The summed E-state index contributed by atoms with van der Waals surface area (Å²) in [5.41, 5.74) is 1.96. The molecule has 0 radical (unpaired) electrons. The van der Waals surface area contributed by atoms with Gasteiger partial charge in [0.15, 0.2) is 5.16 Å². The number of nitrogens with zero attached hydrogens (tertiary/aromatic N) is 2. The van der Waals surface area contributed by atoms with E-state index in [2.05, 4.69) is 15.0 Å². The van der Waals surface area contributed by atoms with Crippen molar-refractivity contribution in [1.82, 2.24) is 15.0 Å². The van der Waals surface area contributed by atoms with Crippen molar-refractivity contribution in [3.8, 4) is 11.1 Å². The van der Waals surface area contributed by atoms with Gasteiger partial charge in [0, 0.05) is 17.1 Å². The molecule has 0 aliphatic heterocycles. The summed E-state index contributed by atoms with van der Waals surface area (Å²) in [6.45, 7) is 0. The van der Waals surface area contributed by atoms with Crippen molar-refractivity contribution >= 4 is 22.8 Å². The number of rotatable bonds is 2. The summed E-state index contributed by atoms with van der Waals surface area (Å²) in [5.74, 6) is 0. The molecule has 5 heteroatoms. The highest BCUT2D eigenvalue weighted by Gasteiger charge is 2.07. The summed E-state index contributed by atoms with van der Waals surface area (Å²) in [6, 6.07) is 11.4. The number of aromatic amines is 1. The van der Waals surface area contributed by atoms with Crippen molar-refractivity contribution in [3.05, 3.63) is 52.9 Å². The number of fused-ring (bicyclic) bond motifs is 1. The van der Waals surface area contributed by atoms with Gasteiger partial charge in [-0.2, -0.15) is 0 Å². The molecule has 1 aromatic carbocycles. The van der Waals surface area contributed by atoms with Gasteiger partial charge in [0.25, 0.3) is 5.56 Å². The van der Waals surface area contributed by atoms with Gasteiger partial charge in [0.1, 0.15) is 5.65 Å². The molecule has 0 atom stereocenters. The van der Waals surface area contributed by atoms with Crippen LogP contribution in [-0.2, 0) is 0 Å². The average molecular weight is 269 g/mol. The Hall–Kier alpha value is -2.14. The number of nitrogens with one attached hydrogen (secondary N) is 1. The molecule has 2 heterocycles. The van der Waals surface area contributed by atoms with Crippen molar-refractivity contribution < 1.29 is 0 Å². The normalized spacial score (nSPS) is 10.8. The maximum atomic E-state index is 12.1. The van der Waals surface area contributed by atoms with Gasteiger partial charge < -0.3 is 4.98 Å². The van der Waals surface area contributed by atoms with Crippen molar-refractivity contribution in [1.29, 1.82) is 0 Å². The molecule has 1 N–H and O–H groups in total. The van der Waals surface area contributed by atoms with Gasteiger partial charge >= 0.3 is 0 Å². The van der Waals surface area contributed by atoms with Gasteiger partial charge in [0.2, 0.25) is 0 Å². The monoisotopic (exact) mass is 269 g/mol. The molecule has 94 valence electrons. The first-order valence-electron chi connectivity index (χ1n) is 5.77. The molecular formula is C14H11N3OS. The Morgan fingerprint density at radius 2 is 2.00 bits per heavy atom. The van der Waals surface area contributed by atoms with E-state index >= 15 is 0 Å². The van der Waals surface area contributed by atoms with E-state index in [0.717, 1.165) is 10.9 Å². The molecule has 0 bridgehead atoms. The van der Waals surface area contributed by atoms with Crippen LogP contribution >= 0.6 is 11.8 Å². The zero-order valence-electron chi connectivity index (χ0n) is 10.3. The minimum Gasteiger partial charge on any atom is -0.306 e. The molecule has 19 heavy (non-hydrogen) atoms. The molecule has 0 aliphatic carbocycles. The second-order valence-corrected chi connectivity index (χ2v) is 4.81. The molecule has 3 rings (SSSR count). The van der Waals surface area contributed by atoms with Crippen molar-refractivity contribution in [3.63, 3.8) is 0 Å². The van der Waals surface area contributed by atoms with E-state index in [4.69, 9.17) is 0 Å². The fourth-order valence-corrected chi connectivity index (χ4v) is 2.25. The van der Waals surface area contributed by atoms with Gasteiger partial charge in [-0.25, -0.2) is 9.97 Å². The van der Waals surface area contributed by atoms with Crippen LogP contribution < -0.4 is 5.56 Å². The Labute approximate surface area is 113 Å². The minimum absolute atomic E-state index is 0.135. The van der Waals surface area contributed by atoms with E-state index in [1.807, 2.05) is 42.7 Å². The highest BCUT2D eigenvalue weighted by Crippen LogP contribution is 2.19. The van der Waals surface area contributed by atoms with Crippen molar-refractivity contribution in [2.24, 2.45) is 0 Å². The van der Waals surface area contributed by atoms with Crippen LogP contribution in [0.1, 0.15) is 0 Å². The zero-order valence-corrected chi connectivity index (χ0v) is 11.1. The highest BCUT2D eigenvalue weighted by atomic mass is 32.2. The molecule has 2 aromatic heterocycles. The molecule has 0 spiro atoms. The molecule has 0 unspecified atom stereocenters. The predicted octanol–water partition coefficient (Wildman–Crippen LogP) is 2.71. The molecular weight excluding hydrogens is 258 g/mol. The number of thioether (sulfide) groups is 1. The number of pyridine rings is 1. The summed E-state index contributed by atoms with van der Waals surface area (Å²) >= 11 is 1.45. The van der Waals surface area contributed by atoms with Gasteiger partial charge in [0.05, 0.1) is 0 Å². The molecule has 0 aliphatic rings. The van der Waals surface area contributed by atoms with E-state index in [0.29, 0.717) is 16.4 Å². The largest absolute Gasteiger partial charge is 0.306 e. The Morgan fingerprint density at radius 1 is 1.21 bits per heavy atom. The Morgan fingerprint density at radius 3 is 2.74 bits per heavy atom. The molecule has 0 amide bonds. The van der Waals surface area contributed by atoms with Crippen LogP contribution in [0.2, 0.25) is 0 Å². The Bertz CT molecular complexity index is 784. The van der Waals surface area contributed by atoms with Crippen molar-refractivity contribution in [2.75, 3.05) is 6.26 Å². The lowest BCUT2D eigenvalue weighted by Gasteiger charge is -2.03. The van der Waals surface area contributed by atoms with Crippen LogP contribution in [0.15, 0.2) is 52.5 Å². The Balaban J connectivity index is 2.23. The van der Waals surface area contributed by atoms with Crippen LogP contribution in [0, 0.1) is 0 Å². The van der Waals surface area contributed by atoms with Gasteiger partial charge in [-0.1, -0.05) is 42.1 Å². The summed E-state index contributed by atoms with van der Waals surface area (Å²) in [6.07, 6.45) is 3.63. The second kappa shape index (κ2) is 4.85. The topological polar surface area (TPSA) is 58.6 Å². The summed E-state index contributed by atoms with van der Waals surface area (Å²) < 4.78 is 0.